The second-order valence-electron chi connectivity index (χ2n) is 3.81. The Balaban J connectivity index is 2.17. The Hall–Kier alpha value is -1.39. The zero-order valence-corrected chi connectivity index (χ0v) is 9.05. The van der Waals surface area contributed by atoms with E-state index in [1.165, 1.54) is 6.92 Å². The van der Waals surface area contributed by atoms with Crippen LogP contribution < -0.4 is 4.74 Å². The summed E-state index contributed by atoms with van der Waals surface area (Å²) in [6, 6.07) is 7.01. The fourth-order valence-electron chi connectivity index (χ4n) is 1.66. The van der Waals surface area contributed by atoms with Gasteiger partial charge in [0.15, 0.2) is 5.78 Å². The Labute approximate surface area is 93.8 Å². The van der Waals surface area contributed by atoms with Crippen LogP contribution in [0.4, 0.5) is 0 Å². The molecule has 1 aromatic rings. The van der Waals surface area contributed by atoms with Crippen molar-refractivity contribution < 1.29 is 19.4 Å². The van der Waals surface area contributed by atoms with E-state index in [1.807, 2.05) is 0 Å². The standard InChI is InChI=1S/C12H14O4/c1-8(13)9-4-2-3-5-11(9)16-12-7-15-6-10(12)14/h2-5,10,12,14H,6-7H2,1H3/t10-,12-/m0/s1. The molecule has 2 atom stereocenters. The molecule has 1 aromatic carbocycles. The lowest BCUT2D eigenvalue weighted by Crippen LogP contribution is -2.30. The lowest BCUT2D eigenvalue weighted by molar-refractivity contribution is 0.0719. The van der Waals surface area contributed by atoms with E-state index in [0.717, 1.165) is 0 Å². The fraction of sp³-hybridized carbons (Fsp3) is 0.417. The van der Waals surface area contributed by atoms with E-state index in [0.29, 0.717) is 17.9 Å². The minimum Gasteiger partial charge on any atom is -0.484 e. The van der Waals surface area contributed by atoms with Crippen molar-refractivity contribution in [2.24, 2.45) is 0 Å². The van der Waals surface area contributed by atoms with Gasteiger partial charge in [0.1, 0.15) is 18.0 Å². The van der Waals surface area contributed by atoms with Crippen molar-refractivity contribution in [2.75, 3.05) is 13.2 Å². The number of aliphatic hydroxyl groups is 1. The highest BCUT2D eigenvalue weighted by atomic mass is 16.6. The predicted molar refractivity (Wildman–Crippen MR) is 57.7 cm³/mol. The number of rotatable bonds is 3. The summed E-state index contributed by atoms with van der Waals surface area (Å²) in [4.78, 5) is 11.3. The summed E-state index contributed by atoms with van der Waals surface area (Å²) in [5.74, 6) is 0.452. The zero-order chi connectivity index (χ0) is 11.5. The molecule has 1 saturated heterocycles. The molecule has 2 rings (SSSR count). The Morgan fingerprint density at radius 1 is 1.44 bits per heavy atom. The minimum atomic E-state index is -0.625. The second-order valence-corrected chi connectivity index (χ2v) is 3.81. The van der Waals surface area contributed by atoms with Crippen LogP contribution in [0.25, 0.3) is 0 Å². The van der Waals surface area contributed by atoms with Gasteiger partial charge in [-0.05, 0) is 19.1 Å². The lowest BCUT2D eigenvalue weighted by Gasteiger charge is -2.17. The Bertz CT molecular complexity index is 388. The third-order valence-electron chi connectivity index (χ3n) is 2.54. The smallest absolute Gasteiger partial charge is 0.163 e. The molecule has 1 fully saturated rings. The molecule has 0 spiro atoms. The lowest BCUT2D eigenvalue weighted by atomic mass is 10.1. The molecule has 0 saturated carbocycles. The Morgan fingerprint density at radius 3 is 2.81 bits per heavy atom. The predicted octanol–water partition coefficient (Wildman–Crippen LogP) is 1.03. The van der Waals surface area contributed by atoms with Crippen LogP contribution in [0.15, 0.2) is 24.3 Å². The van der Waals surface area contributed by atoms with Crippen LogP contribution in [0.3, 0.4) is 0 Å². The van der Waals surface area contributed by atoms with E-state index in [4.69, 9.17) is 9.47 Å². The van der Waals surface area contributed by atoms with Gasteiger partial charge in [-0.15, -0.1) is 0 Å². The van der Waals surface area contributed by atoms with Crippen LogP contribution in [0, 0.1) is 0 Å². The molecule has 1 N–H and O–H groups in total. The summed E-state index contributed by atoms with van der Waals surface area (Å²) in [5.41, 5.74) is 0.529. The fourth-order valence-corrected chi connectivity index (χ4v) is 1.66. The molecule has 0 bridgehead atoms. The molecular formula is C12H14O4. The van der Waals surface area contributed by atoms with Crippen LogP contribution in [-0.4, -0.2) is 36.3 Å². The highest BCUT2D eigenvalue weighted by Gasteiger charge is 2.28. The van der Waals surface area contributed by atoms with Crippen molar-refractivity contribution in [3.8, 4) is 5.75 Å². The maximum Gasteiger partial charge on any atom is 0.163 e. The van der Waals surface area contributed by atoms with E-state index < -0.39 is 6.10 Å². The molecule has 0 amide bonds. The van der Waals surface area contributed by atoms with E-state index in [2.05, 4.69) is 0 Å². The van der Waals surface area contributed by atoms with Crippen LogP contribution in [0.2, 0.25) is 0 Å². The molecule has 16 heavy (non-hydrogen) atoms. The van der Waals surface area contributed by atoms with Crippen LogP contribution >= 0.6 is 0 Å². The molecule has 0 aliphatic carbocycles. The number of carbonyl (C=O) groups excluding carboxylic acids is 1. The molecule has 0 unspecified atom stereocenters. The van der Waals surface area contributed by atoms with Crippen molar-refractivity contribution in [3.05, 3.63) is 29.8 Å². The first kappa shape index (κ1) is 11.1. The first-order valence-corrected chi connectivity index (χ1v) is 5.21. The molecule has 1 aliphatic rings. The minimum absolute atomic E-state index is 0.0518. The highest BCUT2D eigenvalue weighted by Crippen LogP contribution is 2.22. The number of ether oxygens (including phenoxy) is 2. The molecular weight excluding hydrogens is 208 g/mol. The molecule has 1 heterocycles. The van der Waals surface area contributed by atoms with Crippen molar-refractivity contribution in [3.63, 3.8) is 0 Å². The maximum atomic E-state index is 11.3. The van der Waals surface area contributed by atoms with Gasteiger partial charge in [0.05, 0.1) is 18.8 Å². The summed E-state index contributed by atoms with van der Waals surface area (Å²) in [6.07, 6.45) is -1.01. The third-order valence-corrected chi connectivity index (χ3v) is 2.54. The quantitative estimate of drug-likeness (QED) is 0.776. The number of benzene rings is 1. The number of hydrogen-bond acceptors (Lipinski definition) is 4. The van der Waals surface area contributed by atoms with Gasteiger partial charge in [0, 0.05) is 0 Å². The summed E-state index contributed by atoms with van der Waals surface area (Å²) in [5, 5.41) is 9.54. The number of para-hydroxylation sites is 1. The van der Waals surface area contributed by atoms with Crippen molar-refractivity contribution in [1.29, 1.82) is 0 Å². The topological polar surface area (TPSA) is 55.8 Å². The summed E-state index contributed by atoms with van der Waals surface area (Å²) < 4.78 is 10.7. The molecule has 0 aromatic heterocycles. The number of hydrogen-bond donors (Lipinski definition) is 1. The SMILES string of the molecule is CC(=O)c1ccccc1O[C@H]1COC[C@@H]1O. The largest absolute Gasteiger partial charge is 0.484 e. The van der Waals surface area contributed by atoms with Crippen molar-refractivity contribution in [2.45, 2.75) is 19.1 Å². The van der Waals surface area contributed by atoms with Crippen LogP contribution in [0.5, 0.6) is 5.75 Å². The highest BCUT2D eigenvalue weighted by molar-refractivity contribution is 5.96. The maximum absolute atomic E-state index is 11.3. The third kappa shape index (κ3) is 2.23. The molecule has 4 nitrogen and oxygen atoms in total. The number of aliphatic hydroxyl groups excluding tert-OH is 1. The first-order chi connectivity index (χ1) is 7.68. The number of ketones is 1. The average Bonchev–Trinajstić information content (AvgIpc) is 2.65. The number of Topliss-reactive ketones (excluding diaryl/α,β-unsaturated/α-hetero) is 1. The number of carbonyl (C=O) groups is 1. The van der Waals surface area contributed by atoms with Gasteiger partial charge in [0.25, 0.3) is 0 Å². The molecule has 4 heteroatoms. The van der Waals surface area contributed by atoms with Gasteiger partial charge in [-0.2, -0.15) is 0 Å². The average molecular weight is 222 g/mol. The van der Waals surface area contributed by atoms with E-state index in [-0.39, 0.29) is 18.5 Å². The van der Waals surface area contributed by atoms with Gasteiger partial charge in [-0.1, -0.05) is 12.1 Å². The van der Waals surface area contributed by atoms with E-state index >= 15 is 0 Å². The zero-order valence-electron chi connectivity index (χ0n) is 9.05. The van der Waals surface area contributed by atoms with Crippen LogP contribution in [-0.2, 0) is 4.74 Å². The van der Waals surface area contributed by atoms with Crippen molar-refractivity contribution in [1.82, 2.24) is 0 Å². The monoisotopic (exact) mass is 222 g/mol. The Morgan fingerprint density at radius 2 is 2.19 bits per heavy atom. The summed E-state index contributed by atoms with van der Waals surface area (Å²) >= 11 is 0. The molecule has 86 valence electrons. The Kier molecular flexibility index (Phi) is 3.22. The van der Waals surface area contributed by atoms with Crippen LogP contribution in [0.1, 0.15) is 17.3 Å². The molecule has 1 aliphatic heterocycles. The van der Waals surface area contributed by atoms with Crippen molar-refractivity contribution >= 4 is 5.78 Å². The van der Waals surface area contributed by atoms with Gasteiger partial charge in [-0.25, -0.2) is 0 Å². The second kappa shape index (κ2) is 4.63. The van der Waals surface area contributed by atoms with Gasteiger partial charge < -0.3 is 14.6 Å². The molecule has 0 radical (unpaired) electrons. The van der Waals surface area contributed by atoms with E-state index in [9.17, 15) is 9.90 Å². The van der Waals surface area contributed by atoms with Gasteiger partial charge in [0.2, 0.25) is 0 Å². The van der Waals surface area contributed by atoms with Gasteiger partial charge in [-0.3, -0.25) is 4.79 Å². The summed E-state index contributed by atoms with van der Waals surface area (Å²) in [6.45, 7) is 2.13. The summed E-state index contributed by atoms with van der Waals surface area (Å²) in [7, 11) is 0. The van der Waals surface area contributed by atoms with Gasteiger partial charge >= 0.3 is 0 Å². The first-order valence-electron chi connectivity index (χ1n) is 5.21. The van der Waals surface area contributed by atoms with E-state index in [1.54, 1.807) is 24.3 Å². The normalized spacial score (nSPS) is 24.4.